The quantitative estimate of drug-likeness (QED) is 0.376. The largest absolute Gasteiger partial charge is 0.464 e. The van der Waals surface area contributed by atoms with Crippen molar-refractivity contribution in [2.45, 2.75) is 74.0 Å². The van der Waals surface area contributed by atoms with Crippen molar-refractivity contribution in [1.82, 2.24) is 9.88 Å². The Balaban J connectivity index is 0.00000274. The summed E-state index contributed by atoms with van der Waals surface area (Å²) in [5, 5.41) is 0. The number of rotatable bonds is 8. The molecule has 1 heterocycles. The summed E-state index contributed by atoms with van der Waals surface area (Å²) in [7, 11) is 0. The minimum absolute atomic E-state index is 0.103. The number of carbonyl (C=O) groups excluding carboxylic acids is 2. The van der Waals surface area contributed by atoms with Crippen molar-refractivity contribution in [3.8, 4) is 0 Å². The third-order valence-electron chi connectivity index (χ3n) is 4.22. The van der Waals surface area contributed by atoms with Crippen LogP contribution in [0.2, 0.25) is 0 Å². The molecule has 0 aliphatic carbocycles. The number of hydrogen-bond donors (Lipinski definition) is 0. The van der Waals surface area contributed by atoms with Crippen LogP contribution in [0.3, 0.4) is 0 Å². The molecule has 0 aliphatic heterocycles. The van der Waals surface area contributed by atoms with E-state index in [1.165, 1.54) is 4.90 Å². The Morgan fingerprint density at radius 2 is 1.57 bits per heavy atom. The van der Waals surface area contributed by atoms with Crippen LogP contribution in [-0.4, -0.2) is 46.7 Å². The second-order valence-electron chi connectivity index (χ2n) is 7.99. The van der Waals surface area contributed by atoms with Gasteiger partial charge in [0.15, 0.2) is 6.04 Å². The number of aromatic nitrogens is 1. The number of carbonyl (C=O) groups is 2. The number of amides is 1. The summed E-state index contributed by atoms with van der Waals surface area (Å²) < 4.78 is 10.9. The Morgan fingerprint density at radius 3 is 2.03 bits per heavy atom. The van der Waals surface area contributed by atoms with Gasteiger partial charge in [-0.15, -0.1) is 0 Å². The van der Waals surface area contributed by atoms with Crippen LogP contribution in [0.5, 0.6) is 0 Å². The van der Waals surface area contributed by atoms with Crippen molar-refractivity contribution >= 4 is 23.6 Å². The second kappa shape index (κ2) is 16.3. The first kappa shape index (κ1) is 31.6. The second-order valence-corrected chi connectivity index (χ2v) is 7.99. The van der Waals surface area contributed by atoms with Gasteiger partial charge in [0.2, 0.25) is 0 Å². The third-order valence-corrected chi connectivity index (χ3v) is 4.22. The Hall–Kier alpha value is -3.35. The number of esters is 1. The van der Waals surface area contributed by atoms with Crippen LogP contribution in [0.4, 0.5) is 16.3 Å². The summed E-state index contributed by atoms with van der Waals surface area (Å²) >= 11 is 0. The topological polar surface area (TPSA) is 72.0 Å². The van der Waals surface area contributed by atoms with Gasteiger partial charge in [0.1, 0.15) is 11.4 Å². The van der Waals surface area contributed by atoms with E-state index in [1.54, 1.807) is 40.8 Å². The number of ether oxygens (including phenoxy) is 2. The van der Waals surface area contributed by atoms with Crippen LogP contribution < -0.4 is 4.90 Å². The highest BCUT2D eigenvalue weighted by Crippen LogP contribution is 2.26. The van der Waals surface area contributed by atoms with Crippen molar-refractivity contribution in [3.05, 3.63) is 67.0 Å². The monoisotopic (exact) mass is 485 g/mol. The molecule has 0 aliphatic rings. The predicted molar refractivity (Wildman–Crippen MR) is 144 cm³/mol. The van der Waals surface area contributed by atoms with Crippen LogP contribution in [0.15, 0.2) is 67.0 Å². The van der Waals surface area contributed by atoms with Gasteiger partial charge >= 0.3 is 12.1 Å². The lowest BCUT2D eigenvalue weighted by Crippen LogP contribution is -2.51. The standard InChI is InChI=1S/C24H31N3O4.2C2H6/c1-7-30-22(28)20(27(18(2)3)23(29)31-24(4,5)6)17-26(19-13-9-8-10-14-19)21-15-11-12-16-25-21;2*1-2/h8-16,20H,2,7,17H2,1,3-6H3;2*1-2H3. The van der Waals surface area contributed by atoms with Gasteiger partial charge in [0, 0.05) is 17.6 Å². The summed E-state index contributed by atoms with van der Waals surface area (Å²) in [4.78, 5) is 33.6. The van der Waals surface area contributed by atoms with Crippen molar-refractivity contribution in [2.24, 2.45) is 0 Å². The lowest BCUT2D eigenvalue weighted by atomic mass is 10.1. The molecule has 0 saturated carbocycles. The van der Waals surface area contributed by atoms with Gasteiger partial charge in [-0.3, -0.25) is 4.90 Å². The summed E-state index contributed by atoms with van der Waals surface area (Å²) in [6.07, 6.45) is 1.02. The Kier molecular flexibility index (Phi) is 14.7. The Morgan fingerprint density at radius 1 is 1.00 bits per heavy atom. The number of hydrogen-bond acceptors (Lipinski definition) is 6. The Labute approximate surface area is 211 Å². The molecule has 0 spiro atoms. The lowest BCUT2D eigenvalue weighted by molar-refractivity contribution is -0.148. The first-order valence-electron chi connectivity index (χ1n) is 12.2. The van der Waals surface area contributed by atoms with Crippen LogP contribution in [0.1, 0.15) is 62.3 Å². The number of anilines is 2. The summed E-state index contributed by atoms with van der Waals surface area (Å²) in [6, 6.07) is 14.1. The minimum atomic E-state index is -0.991. The highest BCUT2D eigenvalue weighted by molar-refractivity contribution is 5.84. The summed E-state index contributed by atoms with van der Waals surface area (Å²) in [6.45, 7) is 20.9. The van der Waals surface area contributed by atoms with Gasteiger partial charge in [-0.1, -0.05) is 58.5 Å². The molecule has 0 bridgehead atoms. The third kappa shape index (κ3) is 10.6. The lowest BCUT2D eigenvalue weighted by Gasteiger charge is -2.35. The molecule has 1 amide bonds. The molecule has 0 fully saturated rings. The number of pyridine rings is 1. The number of allylic oxidation sites excluding steroid dienone is 1. The van der Waals surface area contributed by atoms with Crippen molar-refractivity contribution in [1.29, 1.82) is 0 Å². The van der Waals surface area contributed by atoms with E-state index in [0.717, 1.165) is 5.69 Å². The molecule has 1 unspecified atom stereocenters. The van der Waals surface area contributed by atoms with Gasteiger partial charge in [-0.05, 0) is 58.9 Å². The molecule has 1 aromatic carbocycles. The highest BCUT2D eigenvalue weighted by Gasteiger charge is 2.36. The van der Waals surface area contributed by atoms with E-state index in [4.69, 9.17) is 9.47 Å². The van der Waals surface area contributed by atoms with Gasteiger partial charge in [0.25, 0.3) is 0 Å². The maximum Gasteiger partial charge on any atom is 0.415 e. The van der Waals surface area contributed by atoms with E-state index < -0.39 is 23.7 Å². The van der Waals surface area contributed by atoms with Gasteiger partial charge < -0.3 is 14.4 Å². The molecule has 2 aromatic rings. The number of nitrogens with zero attached hydrogens (tertiary/aromatic N) is 3. The Bertz CT molecular complexity index is 841. The molecule has 0 saturated heterocycles. The molecule has 7 nitrogen and oxygen atoms in total. The van der Waals surface area contributed by atoms with Gasteiger partial charge in [-0.25, -0.2) is 14.6 Å². The molecule has 0 radical (unpaired) electrons. The smallest absolute Gasteiger partial charge is 0.415 e. The number of para-hydroxylation sites is 1. The molecule has 194 valence electrons. The first-order valence-corrected chi connectivity index (χ1v) is 12.2. The molecule has 0 N–H and O–H groups in total. The predicted octanol–water partition coefficient (Wildman–Crippen LogP) is 6.97. The van der Waals surface area contributed by atoms with E-state index in [2.05, 4.69) is 11.6 Å². The fourth-order valence-corrected chi connectivity index (χ4v) is 2.99. The summed E-state index contributed by atoms with van der Waals surface area (Å²) in [5.41, 5.74) is 0.465. The average molecular weight is 486 g/mol. The zero-order valence-electron chi connectivity index (χ0n) is 22.9. The fourth-order valence-electron chi connectivity index (χ4n) is 2.99. The molecule has 7 heteroatoms. The van der Waals surface area contributed by atoms with Crippen LogP contribution in [-0.2, 0) is 14.3 Å². The van der Waals surface area contributed by atoms with Crippen molar-refractivity contribution in [2.75, 3.05) is 18.1 Å². The minimum Gasteiger partial charge on any atom is -0.464 e. The van der Waals surface area contributed by atoms with E-state index in [1.807, 2.05) is 81.1 Å². The van der Waals surface area contributed by atoms with Crippen molar-refractivity contribution in [3.63, 3.8) is 0 Å². The zero-order valence-corrected chi connectivity index (χ0v) is 22.9. The summed E-state index contributed by atoms with van der Waals surface area (Å²) in [5.74, 6) is 0.0853. The molecular formula is C28H43N3O4. The van der Waals surface area contributed by atoms with Crippen molar-refractivity contribution < 1.29 is 19.1 Å². The molecule has 1 aromatic heterocycles. The van der Waals surface area contributed by atoms with E-state index >= 15 is 0 Å². The maximum atomic E-state index is 13.0. The fraction of sp³-hybridized carbons (Fsp3) is 0.464. The van der Waals surface area contributed by atoms with E-state index in [9.17, 15) is 9.59 Å². The van der Waals surface area contributed by atoms with Gasteiger partial charge in [-0.2, -0.15) is 0 Å². The normalized spacial score (nSPS) is 10.9. The van der Waals surface area contributed by atoms with Gasteiger partial charge in [0.05, 0.1) is 13.2 Å². The molecular weight excluding hydrogens is 442 g/mol. The van der Waals surface area contributed by atoms with Crippen LogP contribution in [0, 0.1) is 0 Å². The molecule has 2 rings (SSSR count). The molecule has 35 heavy (non-hydrogen) atoms. The first-order chi connectivity index (χ1) is 16.6. The van der Waals surface area contributed by atoms with Crippen LogP contribution in [0.25, 0.3) is 0 Å². The van der Waals surface area contributed by atoms with E-state index in [0.29, 0.717) is 11.5 Å². The highest BCUT2D eigenvalue weighted by atomic mass is 16.6. The zero-order chi connectivity index (χ0) is 27.0. The maximum absolute atomic E-state index is 13.0. The van der Waals surface area contributed by atoms with Crippen LogP contribution >= 0.6 is 0 Å². The average Bonchev–Trinajstić information content (AvgIpc) is 2.84. The molecule has 1 atom stereocenters. The van der Waals surface area contributed by atoms with E-state index in [-0.39, 0.29) is 13.2 Å². The SMILES string of the molecule is C=C(C)N(C(=O)OC(C)(C)C)C(CN(c1ccccc1)c1ccccn1)C(=O)OCC.CC.CC. The number of benzene rings is 1.